The van der Waals surface area contributed by atoms with E-state index in [1.807, 2.05) is 0 Å². The van der Waals surface area contributed by atoms with Crippen molar-refractivity contribution in [1.82, 2.24) is 23.9 Å². The molecule has 0 amide bonds. The van der Waals surface area contributed by atoms with E-state index in [2.05, 4.69) is 10.1 Å². The van der Waals surface area contributed by atoms with Gasteiger partial charge in [-0.2, -0.15) is 18.3 Å². The molecule has 0 N–H and O–H groups in total. The summed E-state index contributed by atoms with van der Waals surface area (Å²) >= 11 is 0. The van der Waals surface area contributed by atoms with E-state index in [0.717, 1.165) is 17.7 Å². The first-order valence-corrected chi connectivity index (χ1v) is 8.44. The molecule has 9 heteroatoms. The fourth-order valence-electron chi connectivity index (χ4n) is 3.20. The molecule has 0 saturated carbocycles. The Morgan fingerprint density at radius 1 is 1.07 bits per heavy atom. The lowest BCUT2D eigenvalue weighted by Crippen LogP contribution is -2.22. The summed E-state index contributed by atoms with van der Waals surface area (Å²) in [6.45, 7) is 0.289. The van der Waals surface area contributed by atoms with Crippen molar-refractivity contribution < 1.29 is 13.2 Å². The molecule has 0 aliphatic carbocycles. The highest BCUT2D eigenvalue weighted by molar-refractivity contribution is 5.79. The van der Waals surface area contributed by atoms with Crippen LogP contribution in [0, 0.1) is 0 Å². The maximum atomic E-state index is 13.0. The lowest BCUT2D eigenvalue weighted by molar-refractivity contribution is -0.137. The van der Waals surface area contributed by atoms with E-state index in [4.69, 9.17) is 0 Å². The van der Waals surface area contributed by atoms with Crippen LogP contribution in [0.4, 0.5) is 13.2 Å². The number of hydrogen-bond acceptors (Lipinski definition) is 3. The Bertz CT molecular complexity index is 1230. The first kappa shape index (κ1) is 18.0. The molecule has 0 radical (unpaired) electrons. The Balaban J connectivity index is 1.85. The van der Waals surface area contributed by atoms with Gasteiger partial charge >= 0.3 is 11.9 Å². The van der Waals surface area contributed by atoms with Gasteiger partial charge in [0.05, 0.1) is 23.8 Å². The van der Waals surface area contributed by atoms with Crippen LogP contribution in [0.2, 0.25) is 0 Å². The van der Waals surface area contributed by atoms with Crippen LogP contribution >= 0.6 is 0 Å². The van der Waals surface area contributed by atoms with Gasteiger partial charge in [-0.25, -0.2) is 9.78 Å². The third-order valence-electron chi connectivity index (χ3n) is 4.60. The van der Waals surface area contributed by atoms with Crippen LogP contribution in [0.25, 0.3) is 22.3 Å². The fraction of sp³-hybridized carbons (Fsp3) is 0.211. The molecular weight excluding hydrogens is 371 g/mol. The van der Waals surface area contributed by atoms with Crippen LogP contribution in [0.15, 0.2) is 53.7 Å². The molecule has 4 aromatic rings. The minimum absolute atomic E-state index is 0.257. The summed E-state index contributed by atoms with van der Waals surface area (Å²) in [5.74, 6) is 0. The number of aryl methyl sites for hydroxylation is 2. The topological polar surface area (TPSA) is 57.6 Å². The molecule has 28 heavy (non-hydrogen) atoms. The molecule has 3 aromatic heterocycles. The Morgan fingerprint density at radius 3 is 2.54 bits per heavy atom. The van der Waals surface area contributed by atoms with E-state index in [-0.39, 0.29) is 12.2 Å². The van der Waals surface area contributed by atoms with Crippen molar-refractivity contribution in [2.24, 2.45) is 14.1 Å². The average Bonchev–Trinajstić information content (AvgIpc) is 3.18. The molecule has 1 aromatic carbocycles. The standard InChI is InChI=1S/C19H16F3N5O/c1-25-10-12(8-24-25)11-27-16-7-14(9-23-17(16)26(2)18(27)28)13-4-3-5-15(6-13)19(20,21)22/h3-10H,11H2,1-2H3. The lowest BCUT2D eigenvalue weighted by atomic mass is 10.0. The van der Waals surface area contributed by atoms with Crippen molar-refractivity contribution in [2.75, 3.05) is 0 Å². The largest absolute Gasteiger partial charge is 0.416 e. The van der Waals surface area contributed by atoms with Crippen molar-refractivity contribution in [1.29, 1.82) is 0 Å². The monoisotopic (exact) mass is 387 g/mol. The molecule has 6 nitrogen and oxygen atoms in total. The van der Waals surface area contributed by atoms with Gasteiger partial charge in [0.15, 0.2) is 5.65 Å². The van der Waals surface area contributed by atoms with Gasteiger partial charge in [-0.15, -0.1) is 0 Å². The third kappa shape index (κ3) is 3.08. The summed E-state index contributed by atoms with van der Waals surface area (Å²) in [5.41, 5.74) is 1.74. The quantitative estimate of drug-likeness (QED) is 0.543. The smallest absolute Gasteiger partial charge is 0.286 e. The first-order valence-electron chi connectivity index (χ1n) is 8.44. The van der Waals surface area contributed by atoms with Crippen molar-refractivity contribution >= 4 is 11.2 Å². The number of rotatable bonds is 3. The van der Waals surface area contributed by atoms with Crippen LogP contribution in [-0.4, -0.2) is 23.9 Å². The summed E-state index contributed by atoms with van der Waals surface area (Å²) in [6.07, 6.45) is 0.513. The van der Waals surface area contributed by atoms with Crippen molar-refractivity contribution in [3.8, 4) is 11.1 Å². The molecule has 0 atom stereocenters. The number of aromatic nitrogens is 5. The number of benzene rings is 1. The second kappa shape index (κ2) is 6.36. The fourth-order valence-corrected chi connectivity index (χ4v) is 3.20. The van der Waals surface area contributed by atoms with E-state index in [0.29, 0.717) is 22.3 Å². The predicted molar refractivity (Wildman–Crippen MR) is 97.7 cm³/mol. The average molecular weight is 387 g/mol. The molecular formula is C19H16F3N5O. The van der Waals surface area contributed by atoms with Gasteiger partial charge in [-0.3, -0.25) is 13.8 Å². The predicted octanol–water partition coefficient (Wildman–Crippen LogP) is 3.20. The molecule has 0 bridgehead atoms. The van der Waals surface area contributed by atoms with Crippen LogP contribution in [-0.2, 0) is 26.8 Å². The van der Waals surface area contributed by atoms with E-state index in [1.165, 1.54) is 21.4 Å². The molecule has 3 heterocycles. The molecule has 0 spiro atoms. The molecule has 0 unspecified atom stereocenters. The van der Waals surface area contributed by atoms with Gasteiger partial charge < -0.3 is 0 Å². The maximum Gasteiger partial charge on any atom is 0.416 e. The molecule has 0 aliphatic heterocycles. The Morgan fingerprint density at radius 2 is 1.86 bits per heavy atom. The summed E-state index contributed by atoms with van der Waals surface area (Å²) in [4.78, 5) is 17.0. The summed E-state index contributed by atoms with van der Waals surface area (Å²) in [6, 6.07) is 6.74. The maximum absolute atomic E-state index is 13.0. The van der Waals surface area contributed by atoms with Crippen LogP contribution < -0.4 is 5.69 Å². The van der Waals surface area contributed by atoms with Crippen molar-refractivity contribution in [3.63, 3.8) is 0 Å². The minimum atomic E-state index is -4.43. The molecule has 0 fully saturated rings. The Hall–Kier alpha value is -3.36. The number of imidazole rings is 1. The molecule has 4 rings (SSSR count). The number of halogens is 3. The number of nitrogens with zero attached hydrogens (tertiary/aromatic N) is 5. The van der Waals surface area contributed by atoms with Crippen LogP contribution in [0.5, 0.6) is 0 Å². The Kier molecular flexibility index (Phi) is 4.10. The summed E-state index contributed by atoms with van der Waals surface area (Å²) in [7, 11) is 3.39. The summed E-state index contributed by atoms with van der Waals surface area (Å²) < 4.78 is 43.7. The van der Waals surface area contributed by atoms with Gasteiger partial charge in [0, 0.05) is 37.6 Å². The van der Waals surface area contributed by atoms with Gasteiger partial charge in [0.2, 0.25) is 0 Å². The first-order chi connectivity index (χ1) is 13.2. The molecule has 0 aliphatic rings. The zero-order chi connectivity index (χ0) is 20.1. The van der Waals surface area contributed by atoms with E-state index < -0.39 is 11.7 Å². The SMILES string of the molecule is Cn1cc(Cn2c(=O)n(C)c3ncc(-c4cccc(C(F)(F)F)c4)cc32)cn1. The highest BCUT2D eigenvalue weighted by atomic mass is 19.4. The van der Waals surface area contributed by atoms with Gasteiger partial charge in [0.25, 0.3) is 0 Å². The van der Waals surface area contributed by atoms with Crippen LogP contribution in [0.1, 0.15) is 11.1 Å². The summed E-state index contributed by atoms with van der Waals surface area (Å²) in [5, 5.41) is 4.10. The van der Waals surface area contributed by atoms with Crippen molar-refractivity contribution in [3.05, 3.63) is 70.5 Å². The lowest BCUT2D eigenvalue weighted by Gasteiger charge is -2.09. The van der Waals surface area contributed by atoms with E-state index >= 15 is 0 Å². The van der Waals surface area contributed by atoms with E-state index in [1.54, 1.807) is 43.3 Å². The second-order valence-electron chi connectivity index (χ2n) is 6.60. The molecule has 144 valence electrons. The van der Waals surface area contributed by atoms with Gasteiger partial charge in [-0.1, -0.05) is 12.1 Å². The normalized spacial score (nSPS) is 12.0. The minimum Gasteiger partial charge on any atom is -0.286 e. The number of hydrogen-bond donors (Lipinski definition) is 0. The third-order valence-corrected chi connectivity index (χ3v) is 4.60. The molecule has 0 saturated heterocycles. The highest BCUT2D eigenvalue weighted by Crippen LogP contribution is 2.32. The highest BCUT2D eigenvalue weighted by Gasteiger charge is 2.30. The van der Waals surface area contributed by atoms with Crippen LogP contribution in [0.3, 0.4) is 0 Å². The van der Waals surface area contributed by atoms with Gasteiger partial charge in [0.1, 0.15) is 0 Å². The van der Waals surface area contributed by atoms with Crippen molar-refractivity contribution in [2.45, 2.75) is 12.7 Å². The number of fused-ring (bicyclic) bond motifs is 1. The second-order valence-corrected chi connectivity index (χ2v) is 6.60. The zero-order valence-electron chi connectivity index (χ0n) is 15.1. The van der Waals surface area contributed by atoms with E-state index in [9.17, 15) is 18.0 Å². The Labute approximate surface area is 157 Å². The number of alkyl halides is 3. The van der Waals surface area contributed by atoms with Gasteiger partial charge in [-0.05, 0) is 23.8 Å². The zero-order valence-corrected chi connectivity index (χ0v) is 15.1. The number of pyridine rings is 1.